The Morgan fingerprint density at radius 1 is 1.54 bits per heavy atom. The first-order chi connectivity index (χ1) is 6.22. The third kappa shape index (κ3) is 4.05. The zero-order valence-electron chi connectivity index (χ0n) is 8.72. The minimum Gasteiger partial charge on any atom is -0.310 e. The van der Waals surface area contributed by atoms with Crippen molar-refractivity contribution in [2.45, 2.75) is 38.8 Å². The maximum Gasteiger partial charge on any atom is 0.0906 e. The molecule has 13 heavy (non-hydrogen) atoms. The summed E-state index contributed by atoms with van der Waals surface area (Å²) in [5.74, 6) is 0. The maximum absolute atomic E-state index is 11.9. The summed E-state index contributed by atoms with van der Waals surface area (Å²) in [6.07, 6.45) is 1.90. The molecular weight excluding hydrogens is 167 g/mol. The number of rotatable bonds is 5. The van der Waals surface area contributed by atoms with E-state index in [-0.39, 0.29) is 6.67 Å². The van der Waals surface area contributed by atoms with Gasteiger partial charge in [0.15, 0.2) is 0 Å². The standard InChI is InChI=1S/C10H21FN2/c1-9(2)12-10-4-7-13(8-10)6-3-5-11/h9-10,12H,3-8H2,1-2H3/t10-/m0/s1. The molecule has 0 aromatic carbocycles. The van der Waals surface area contributed by atoms with Crippen LogP contribution in [0, 0.1) is 0 Å². The summed E-state index contributed by atoms with van der Waals surface area (Å²) in [6, 6.07) is 1.19. The maximum atomic E-state index is 11.9. The lowest BCUT2D eigenvalue weighted by atomic mass is 10.2. The van der Waals surface area contributed by atoms with E-state index >= 15 is 0 Å². The van der Waals surface area contributed by atoms with Crippen molar-refractivity contribution in [3.63, 3.8) is 0 Å². The van der Waals surface area contributed by atoms with Gasteiger partial charge in [-0.3, -0.25) is 4.39 Å². The molecule has 0 aromatic rings. The molecule has 0 unspecified atom stereocenters. The lowest BCUT2D eigenvalue weighted by Gasteiger charge is -2.17. The second-order valence-electron chi connectivity index (χ2n) is 4.15. The Bertz CT molecular complexity index is 139. The van der Waals surface area contributed by atoms with Gasteiger partial charge in [-0.05, 0) is 19.4 Å². The third-order valence-corrected chi connectivity index (χ3v) is 2.45. The first-order valence-corrected chi connectivity index (χ1v) is 5.26. The molecule has 1 heterocycles. The number of hydrogen-bond acceptors (Lipinski definition) is 2. The van der Waals surface area contributed by atoms with E-state index in [2.05, 4.69) is 24.1 Å². The van der Waals surface area contributed by atoms with Crippen LogP contribution in [0.5, 0.6) is 0 Å². The normalized spacial score (nSPS) is 24.5. The van der Waals surface area contributed by atoms with Crippen LogP contribution in [0.2, 0.25) is 0 Å². The Labute approximate surface area is 80.5 Å². The fourth-order valence-corrected chi connectivity index (χ4v) is 1.93. The van der Waals surface area contributed by atoms with Gasteiger partial charge in [0.2, 0.25) is 0 Å². The number of likely N-dealkylation sites (tertiary alicyclic amines) is 1. The van der Waals surface area contributed by atoms with E-state index in [0.29, 0.717) is 18.5 Å². The SMILES string of the molecule is CC(C)N[C@H]1CCN(CCCF)C1. The zero-order chi connectivity index (χ0) is 9.68. The van der Waals surface area contributed by atoms with Crippen LogP contribution in [0.4, 0.5) is 4.39 Å². The number of hydrogen-bond donors (Lipinski definition) is 1. The summed E-state index contributed by atoms with van der Waals surface area (Å²) in [5, 5.41) is 3.51. The minimum absolute atomic E-state index is 0.182. The van der Waals surface area contributed by atoms with E-state index in [1.165, 1.54) is 6.42 Å². The highest BCUT2D eigenvalue weighted by atomic mass is 19.1. The molecule has 0 spiro atoms. The van der Waals surface area contributed by atoms with Gasteiger partial charge in [0.05, 0.1) is 6.67 Å². The van der Waals surface area contributed by atoms with Crippen LogP contribution < -0.4 is 5.32 Å². The summed E-state index contributed by atoms with van der Waals surface area (Å²) >= 11 is 0. The van der Waals surface area contributed by atoms with Crippen molar-refractivity contribution in [2.75, 3.05) is 26.3 Å². The van der Waals surface area contributed by atoms with Gasteiger partial charge in [0, 0.05) is 25.2 Å². The van der Waals surface area contributed by atoms with Crippen LogP contribution in [0.3, 0.4) is 0 Å². The second-order valence-corrected chi connectivity index (χ2v) is 4.15. The first kappa shape index (κ1) is 10.9. The van der Waals surface area contributed by atoms with Gasteiger partial charge in [-0.1, -0.05) is 13.8 Å². The van der Waals surface area contributed by atoms with Crippen molar-refractivity contribution in [2.24, 2.45) is 0 Å². The Hall–Kier alpha value is -0.150. The van der Waals surface area contributed by atoms with Gasteiger partial charge < -0.3 is 10.2 Å². The highest BCUT2D eigenvalue weighted by Crippen LogP contribution is 2.09. The molecule has 3 heteroatoms. The van der Waals surface area contributed by atoms with E-state index < -0.39 is 0 Å². The van der Waals surface area contributed by atoms with Gasteiger partial charge in [-0.15, -0.1) is 0 Å². The summed E-state index contributed by atoms with van der Waals surface area (Å²) < 4.78 is 11.9. The van der Waals surface area contributed by atoms with Crippen molar-refractivity contribution in [1.29, 1.82) is 0 Å². The number of alkyl halides is 1. The smallest absolute Gasteiger partial charge is 0.0906 e. The van der Waals surface area contributed by atoms with Gasteiger partial charge in [-0.2, -0.15) is 0 Å². The summed E-state index contributed by atoms with van der Waals surface area (Å²) in [6.45, 7) is 7.31. The van der Waals surface area contributed by atoms with Gasteiger partial charge in [0.25, 0.3) is 0 Å². The third-order valence-electron chi connectivity index (χ3n) is 2.45. The Morgan fingerprint density at radius 2 is 2.31 bits per heavy atom. The fourth-order valence-electron chi connectivity index (χ4n) is 1.93. The van der Waals surface area contributed by atoms with E-state index in [1.807, 2.05) is 0 Å². The molecule has 0 saturated carbocycles. The van der Waals surface area contributed by atoms with Crippen LogP contribution in [0.25, 0.3) is 0 Å². The molecule has 1 saturated heterocycles. The average Bonchev–Trinajstić information content (AvgIpc) is 2.48. The molecule has 2 nitrogen and oxygen atoms in total. The van der Waals surface area contributed by atoms with E-state index in [1.54, 1.807) is 0 Å². The van der Waals surface area contributed by atoms with Crippen LogP contribution >= 0.6 is 0 Å². The molecule has 0 bridgehead atoms. The number of halogens is 1. The van der Waals surface area contributed by atoms with Crippen LogP contribution in [-0.2, 0) is 0 Å². The number of nitrogens with zero attached hydrogens (tertiary/aromatic N) is 1. The fraction of sp³-hybridized carbons (Fsp3) is 1.00. The van der Waals surface area contributed by atoms with E-state index in [0.717, 1.165) is 19.6 Å². The Balaban J connectivity index is 2.12. The summed E-state index contributed by atoms with van der Waals surface area (Å²) in [7, 11) is 0. The van der Waals surface area contributed by atoms with Crippen molar-refractivity contribution >= 4 is 0 Å². The highest BCUT2D eigenvalue weighted by Gasteiger charge is 2.21. The second kappa shape index (κ2) is 5.55. The minimum atomic E-state index is -0.182. The average molecular weight is 188 g/mol. The first-order valence-electron chi connectivity index (χ1n) is 5.26. The molecule has 78 valence electrons. The monoisotopic (exact) mass is 188 g/mol. The lowest BCUT2D eigenvalue weighted by Crippen LogP contribution is -2.37. The van der Waals surface area contributed by atoms with E-state index in [4.69, 9.17) is 0 Å². The predicted molar refractivity (Wildman–Crippen MR) is 53.7 cm³/mol. The lowest BCUT2D eigenvalue weighted by molar-refractivity contribution is 0.302. The predicted octanol–water partition coefficient (Wildman–Crippen LogP) is 1.42. The molecule has 0 radical (unpaired) electrons. The van der Waals surface area contributed by atoms with Crippen molar-refractivity contribution in [1.82, 2.24) is 10.2 Å². The summed E-state index contributed by atoms with van der Waals surface area (Å²) in [5.41, 5.74) is 0. The molecule has 1 N–H and O–H groups in total. The van der Waals surface area contributed by atoms with Crippen LogP contribution in [0.1, 0.15) is 26.7 Å². The molecule has 1 aliphatic rings. The molecule has 1 fully saturated rings. The molecular formula is C10H21FN2. The molecule has 0 aromatic heterocycles. The van der Waals surface area contributed by atoms with E-state index in [9.17, 15) is 4.39 Å². The largest absolute Gasteiger partial charge is 0.310 e. The van der Waals surface area contributed by atoms with Crippen LogP contribution in [0.15, 0.2) is 0 Å². The van der Waals surface area contributed by atoms with Gasteiger partial charge in [0.1, 0.15) is 0 Å². The molecule has 1 aliphatic heterocycles. The Morgan fingerprint density at radius 3 is 2.92 bits per heavy atom. The quantitative estimate of drug-likeness (QED) is 0.702. The topological polar surface area (TPSA) is 15.3 Å². The molecule has 1 atom stereocenters. The summed E-state index contributed by atoms with van der Waals surface area (Å²) in [4.78, 5) is 2.35. The number of nitrogens with one attached hydrogen (secondary N) is 1. The Kier molecular flexibility index (Phi) is 4.67. The van der Waals surface area contributed by atoms with Crippen molar-refractivity contribution in [3.05, 3.63) is 0 Å². The molecule has 0 aliphatic carbocycles. The van der Waals surface area contributed by atoms with Crippen molar-refractivity contribution < 1.29 is 4.39 Å². The highest BCUT2D eigenvalue weighted by molar-refractivity contribution is 4.81. The zero-order valence-corrected chi connectivity index (χ0v) is 8.72. The van der Waals surface area contributed by atoms with Gasteiger partial charge in [-0.25, -0.2) is 0 Å². The van der Waals surface area contributed by atoms with Crippen molar-refractivity contribution in [3.8, 4) is 0 Å². The van der Waals surface area contributed by atoms with Gasteiger partial charge >= 0.3 is 0 Å². The van der Waals surface area contributed by atoms with Crippen LogP contribution in [-0.4, -0.2) is 43.3 Å². The molecule has 0 amide bonds. The molecule has 1 rings (SSSR count).